The number of benzene rings is 1. The molecule has 7 heteroatoms. The third-order valence-corrected chi connectivity index (χ3v) is 4.78. The molecular weight excluding hydrogens is 344 g/mol. The first-order valence-electron chi connectivity index (χ1n) is 8.91. The first-order valence-corrected chi connectivity index (χ1v) is 8.91. The van der Waals surface area contributed by atoms with Gasteiger partial charge in [0, 0.05) is 51.0 Å². The smallest absolute Gasteiger partial charge is 0.255 e. The highest BCUT2D eigenvalue weighted by Gasteiger charge is 2.31. The lowest BCUT2D eigenvalue weighted by atomic mass is 10.1. The molecule has 2 amide bonds. The molecule has 27 heavy (non-hydrogen) atoms. The Morgan fingerprint density at radius 1 is 1.22 bits per heavy atom. The van der Waals surface area contributed by atoms with Gasteiger partial charge in [0.05, 0.1) is 12.7 Å². The van der Waals surface area contributed by atoms with Gasteiger partial charge in [0.1, 0.15) is 5.75 Å². The van der Waals surface area contributed by atoms with Crippen LogP contribution < -0.4 is 10.5 Å². The van der Waals surface area contributed by atoms with Gasteiger partial charge in [-0.15, -0.1) is 0 Å². The molecule has 0 aliphatic carbocycles. The van der Waals surface area contributed by atoms with Crippen molar-refractivity contribution in [1.29, 1.82) is 0 Å². The van der Waals surface area contributed by atoms with Crippen molar-refractivity contribution in [2.45, 2.75) is 19.0 Å². The fourth-order valence-electron chi connectivity index (χ4n) is 3.35. The number of carbonyl (C=O) groups is 2. The molecule has 1 aliphatic rings. The summed E-state index contributed by atoms with van der Waals surface area (Å²) in [6.07, 6.45) is 3.42. The molecule has 2 aromatic rings. The fourth-order valence-corrected chi connectivity index (χ4v) is 3.35. The van der Waals surface area contributed by atoms with Crippen molar-refractivity contribution < 1.29 is 14.3 Å². The van der Waals surface area contributed by atoms with Crippen LogP contribution in [0.25, 0.3) is 0 Å². The van der Waals surface area contributed by atoms with Crippen LogP contribution >= 0.6 is 0 Å². The number of carbonyl (C=O) groups excluding carboxylic acids is 2. The number of amides is 2. The van der Waals surface area contributed by atoms with E-state index >= 15 is 0 Å². The Labute approximate surface area is 158 Å². The van der Waals surface area contributed by atoms with Crippen molar-refractivity contribution in [1.82, 2.24) is 14.8 Å². The number of ether oxygens (including phenoxy) is 1. The maximum atomic E-state index is 12.7. The first kappa shape index (κ1) is 18.8. The molecule has 0 saturated carbocycles. The quantitative estimate of drug-likeness (QED) is 0.830. The Balaban J connectivity index is 1.70. The summed E-state index contributed by atoms with van der Waals surface area (Å²) >= 11 is 0. The van der Waals surface area contributed by atoms with Gasteiger partial charge in [-0.2, -0.15) is 0 Å². The third-order valence-electron chi connectivity index (χ3n) is 4.78. The fraction of sp³-hybridized carbons (Fsp3) is 0.350. The zero-order chi connectivity index (χ0) is 19.2. The monoisotopic (exact) mass is 368 g/mol. The average molecular weight is 368 g/mol. The van der Waals surface area contributed by atoms with Crippen molar-refractivity contribution in [2.75, 3.05) is 26.7 Å². The van der Waals surface area contributed by atoms with E-state index in [0.29, 0.717) is 31.7 Å². The highest BCUT2D eigenvalue weighted by atomic mass is 16.5. The Hall–Kier alpha value is -2.93. The number of aromatic nitrogens is 1. The van der Waals surface area contributed by atoms with E-state index in [2.05, 4.69) is 9.88 Å². The van der Waals surface area contributed by atoms with Gasteiger partial charge in [0.15, 0.2) is 0 Å². The van der Waals surface area contributed by atoms with Crippen molar-refractivity contribution >= 4 is 11.8 Å². The van der Waals surface area contributed by atoms with E-state index < -0.39 is 0 Å². The van der Waals surface area contributed by atoms with Gasteiger partial charge in [-0.1, -0.05) is 12.1 Å². The Morgan fingerprint density at radius 3 is 2.63 bits per heavy atom. The molecule has 142 valence electrons. The Bertz CT molecular complexity index is 780. The van der Waals surface area contributed by atoms with Gasteiger partial charge in [0.25, 0.3) is 5.91 Å². The number of nitrogens with zero attached hydrogens (tertiary/aromatic N) is 3. The van der Waals surface area contributed by atoms with Crippen LogP contribution in [0.5, 0.6) is 5.75 Å². The lowest BCUT2D eigenvalue weighted by Crippen LogP contribution is -2.55. The molecule has 1 aliphatic heterocycles. The highest BCUT2D eigenvalue weighted by Crippen LogP contribution is 2.20. The molecule has 3 rings (SSSR count). The van der Waals surface area contributed by atoms with E-state index in [1.165, 1.54) is 0 Å². The third kappa shape index (κ3) is 4.83. The van der Waals surface area contributed by atoms with Crippen LogP contribution in [0.2, 0.25) is 0 Å². The minimum atomic E-state index is -0.365. The lowest BCUT2D eigenvalue weighted by molar-refractivity contribution is -0.119. The van der Waals surface area contributed by atoms with Gasteiger partial charge in [0.2, 0.25) is 5.91 Å². The first-order chi connectivity index (χ1) is 13.1. The SMILES string of the molecule is COc1ccc(CN2CCN(C(=O)c3cccnc3)CC2CC(N)=O)cc1. The maximum Gasteiger partial charge on any atom is 0.255 e. The molecule has 1 unspecified atom stereocenters. The summed E-state index contributed by atoms with van der Waals surface area (Å²) in [6.45, 7) is 2.43. The van der Waals surface area contributed by atoms with E-state index in [4.69, 9.17) is 10.5 Å². The van der Waals surface area contributed by atoms with Crippen LogP contribution in [0.4, 0.5) is 0 Å². The number of primary amides is 1. The standard InChI is InChI=1S/C20H24N4O3/c1-27-18-6-4-15(5-7-18)13-23-9-10-24(14-17(23)11-19(21)25)20(26)16-3-2-8-22-12-16/h2-8,12,17H,9-11,13-14H2,1H3,(H2,21,25). The molecule has 0 radical (unpaired) electrons. The molecule has 7 nitrogen and oxygen atoms in total. The second-order valence-electron chi connectivity index (χ2n) is 6.64. The van der Waals surface area contributed by atoms with Crippen LogP contribution in [0.15, 0.2) is 48.8 Å². The molecule has 2 N–H and O–H groups in total. The van der Waals surface area contributed by atoms with Crippen LogP contribution in [0, 0.1) is 0 Å². The summed E-state index contributed by atoms with van der Waals surface area (Å²) < 4.78 is 5.19. The zero-order valence-corrected chi connectivity index (χ0v) is 15.4. The molecule has 1 aromatic carbocycles. The Kier molecular flexibility index (Phi) is 6.03. The molecule has 2 heterocycles. The van der Waals surface area contributed by atoms with Crippen LogP contribution in [-0.4, -0.2) is 59.4 Å². The largest absolute Gasteiger partial charge is 0.497 e. The average Bonchev–Trinajstić information content (AvgIpc) is 2.69. The van der Waals surface area contributed by atoms with Gasteiger partial charge in [-0.05, 0) is 29.8 Å². The predicted octanol–water partition coefficient (Wildman–Crippen LogP) is 1.29. The lowest BCUT2D eigenvalue weighted by Gasteiger charge is -2.41. The van der Waals surface area contributed by atoms with Gasteiger partial charge in [-0.3, -0.25) is 19.5 Å². The second-order valence-corrected chi connectivity index (χ2v) is 6.64. The van der Waals surface area contributed by atoms with Gasteiger partial charge in [-0.25, -0.2) is 0 Å². The maximum absolute atomic E-state index is 12.7. The van der Waals surface area contributed by atoms with E-state index in [1.54, 1.807) is 36.5 Å². The predicted molar refractivity (Wildman–Crippen MR) is 101 cm³/mol. The van der Waals surface area contributed by atoms with Crippen molar-refractivity contribution in [2.24, 2.45) is 5.73 Å². The highest BCUT2D eigenvalue weighted by molar-refractivity contribution is 5.94. The molecule has 1 saturated heterocycles. The topological polar surface area (TPSA) is 88.8 Å². The number of hydrogen-bond acceptors (Lipinski definition) is 5. The van der Waals surface area contributed by atoms with E-state index in [0.717, 1.165) is 11.3 Å². The number of hydrogen-bond donors (Lipinski definition) is 1. The minimum Gasteiger partial charge on any atom is -0.497 e. The molecule has 1 aromatic heterocycles. The van der Waals surface area contributed by atoms with Crippen molar-refractivity contribution in [3.63, 3.8) is 0 Å². The number of piperazine rings is 1. The van der Waals surface area contributed by atoms with Crippen LogP contribution in [0.1, 0.15) is 22.3 Å². The van der Waals surface area contributed by atoms with Gasteiger partial charge < -0.3 is 15.4 Å². The van der Waals surface area contributed by atoms with Crippen LogP contribution in [-0.2, 0) is 11.3 Å². The zero-order valence-electron chi connectivity index (χ0n) is 15.4. The van der Waals surface area contributed by atoms with E-state index in [9.17, 15) is 9.59 Å². The summed E-state index contributed by atoms with van der Waals surface area (Å²) in [6, 6.07) is 11.2. The number of methoxy groups -OCH3 is 1. The molecule has 1 atom stereocenters. The summed E-state index contributed by atoms with van der Waals surface area (Å²) in [5.41, 5.74) is 7.13. The minimum absolute atomic E-state index is 0.0679. The second kappa shape index (κ2) is 8.64. The molecule has 0 spiro atoms. The summed E-state index contributed by atoms with van der Waals surface area (Å²) in [7, 11) is 1.64. The summed E-state index contributed by atoms with van der Waals surface area (Å²) in [5, 5.41) is 0. The summed E-state index contributed by atoms with van der Waals surface area (Å²) in [5.74, 6) is 0.372. The Morgan fingerprint density at radius 2 is 2.00 bits per heavy atom. The normalized spacial score (nSPS) is 17.5. The van der Waals surface area contributed by atoms with Gasteiger partial charge >= 0.3 is 0 Å². The number of nitrogens with two attached hydrogens (primary N) is 1. The summed E-state index contributed by atoms with van der Waals surface area (Å²) in [4.78, 5) is 32.3. The number of rotatable bonds is 6. The number of pyridine rings is 1. The molecule has 0 bridgehead atoms. The van der Waals surface area contributed by atoms with Crippen LogP contribution in [0.3, 0.4) is 0 Å². The van der Waals surface area contributed by atoms with Crippen molar-refractivity contribution in [3.8, 4) is 5.75 Å². The van der Waals surface area contributed by atoms with E-state index in [1.807, 2.05) is 24.3 Å². The van der Waals surface area contributed by atoms with Crippen molar-refractivity contribution in [3.05, 3.63) is 59.9 Å². The molecule has 1 fully saturated rings. The van der Waals surface area contributed by atoms with E-state index in [-0.39, 0.29) is 24.3 Å². The molecular formula is C20H24N4O3.